The lowest BCUT2D eigenvalue weighted by atomic mass is 10.1. The third-order valence-corrected chi connectivity index (χ3v) is 2.19. The lowest BCUT2D eigenvalue weighted by Crippen LogP contribution is -2.31. The number of rotatable bonds is 1. The van der Waals surface area contributed by atoms with E-state index < -0.39 is 0 Å². The molecule has 0 aliphatic carbocycles. The molecule has 1 aliphatic heterocycles. The summed E-state index contributed by atoms with van der Waals surface area (Å²) in [7, 11) is 3.29. The molecule has 1 saturated heterocycles. The first-order chi connectivity index (χ1) is 4.30. The Labute approximate surface area is 63.2 Å². The Balaban J connectivity index is 2.31. The average Bonchev–Trinajstić information content (AvgIpc) is 1.90. The summed E-state index contributed by atoms with van der Waals surface area (Å²) in [6, 6.07) is 0. The first-order valence-electron chi connectivity index (χ1n) is 3.30. The van der Waals surface area contributed by atoms with E-state index in [4.69, 9.17) is 11.6 Å². The highest BCUT2D eigenvalue weighted by molar-refractivity contribution is 7.28. The molecule has 1 fully saturated rings. The summed E-state index contributed by atoms with van der Waals surface area (Å²) in [6.07, 6.45) is 3.91. The van der Waals surface area contributed by atoms with Crippen molar-refractivity contribution in [1.29, 1.82) is 0 Å². The normalized spacial score (nSPS) is 21.9. The van der Waals surface area contributed by atoms with Crippen LogP contribution in [0, 0.1) is 0 Å². The van der Waals surface area contributed by atoms with Gasteiger partial charge in [-0.15, -0.1) is 0 Å². The Morgan fingerprint density at radius 1 is 1.22 bits per heavy atom. The van der Waals surface area contributed by atoms with Crippen LogP contribution in [0.1, 0.15) is 19.3 Å². The summed E-state index contributed by atoms with van der Waals surface area (Å²) in [6.45, 7) is 2.23. The van der Waals surface area contributed by atoms with Crippen LogP contribution in [-0.4, -0.2) is 22.9 Å². The van der Waals surface area contributed by atoms with Crippen molar-refractivity contribution in [2.45, 2.75) is 19.3 Å². The molecule has 52 valence electrons. The molecular weight excluding hydrogens is 152 g/mol. The van der Waals surface area contributed by atoms with Gasteiger partial charge in [0.25, 0.3) is 0 Å². The van der Waals surface area contributed by atoms with Gasteiger partial charge in [0.2, 0.25) is 0 Å². The van der Waals surface area contributed by atoms with E-state index in [-0.39, 0.29) is 0 Å². The van der Waals surface area contributed by atoms with E-state index >= 15 is 0 Å². The van der Waals surface area contributed by atoms with E-state index in [9.17, 15) is 0 Å². The highest BCUT2D eigenvalue weighted by atomic mass is 35.5. The van der Waals surface area contributed by atoms with Crippen molar-refractivity contribution in [3.8, 4) is 0 Å². The second-order valence-corrected chi connectivity index (χ2v) is 3.49. The zero-order chi connectivity index (χ0) is 6.69. The van der Waals surface area contributed by atoms with E-state index in [1.807, 2.05) is 0 Å². The third-order valence-electron chi connectivity index (χ3n) is 1.63. The van der Waals surface area contributed by atoms with E-state index in [1.54, 1.807) is 0 Å². The van der Waals surface area contributed by atoms with Crippen LogP contribution in [0.15, 0.2) is 0 Å². The van der Waals surface area contributed by atoms with Gasteiger partial charge in [0.05, 0.1) is 0 Å². The largest absolute Gasteiger partial charge is 0.262 e. The van der Waals surface area contributed by atoms with Gasteiger partial charge in [0.15, 0.2) is 0 Å². The van der Waals surface area contributed by atoms with Crippen LogP contribution in [0.3, 0.4) is 0 Å². The first-order valence-corrected chi connectivity index (χ1v) is 4.17. The van der Waals surface area contributed by atoms with Crippen molar-refractivity contribution in [2.75, 3.05) is 13.1 Å². The van der Waals surface area contributed by atoms with Gasteiger partial charge in [0.1, 0.15) is 4.88 Å². The lowest BCUT2D eigenvalue weighted by molar-refractivity contribution is 0.351. The summed E-state index contributed by atoms with van der Waals surface area (Å²) < 4.78 is 0. The SMILES string of the molecule is P=C(Cl)N1CCCCC1. The smallest absolute Gasteiger partial charge is 0.104 e. The van der Waals surface area contributed by atoms with Crippen molar-refractivity contribution in [3.05, 3.63) is 0 Å². The Bertz CT molecular complexity index is 110. The molecule has 0 aromatic heterocycles. The van der Waals surface area contributed by atoms with Crippen LogP contribution in [0.4, 0.5) is 0 Å². The van der Waals surface area contributed by atoms with Gasteiger partial charge in [-0.1, -0.05) is 26.9 Å². The summed E-state index contributed by atoms with van der Waals surface area (Å²) in [4.78, 5) is 2.91. The first kappa shape index (κ1) is 7.53. The van der Waals surface area contributed by atoms with E-state index in [2.05, 4.69) is 13.8 Å². The quantitative estimate of drug-likeness (QED) is 0.422. The number of piperidine rings is 1. The fraction of sp³-hybridized carbons (Fsp3) is 0.833. The minimum Gasteiger partial charge on any atom is -0.262 e. The third kappa shape index (κ3) is 2.25. The number of hydrogen-bond donors (Lipinski definition) is 0. The van der Waals surface area contributed by atoms with E-state index in [1.165, 1.54) is 19.3 Å². The molecule has 0 aromatic rings. The zero-order valence-electron chi connectivity index (χ0n) is 5.36. The molecule has 0 saturated carbocycles. The standard InChI is InChI=1S/C6H11ClNP/c7-6(9)8-4-2-1-3-5-8/h9H,1-5H2. The molecule has 1 aliphatic rings. The maximum Gasteiger partial charge on any atom is 0.104 e. The summed E-state index contributed by atoms with van der Waals surface area (Å²) in [5.74, 6) is 0. The van der Waals surface area contributed by atoms with Gasteiger partial charge in [-0.25, -0.2) is 0 Å². The molecule has 0 radical (unpaired) electrons. The molecule has 1 nitrogen and oxygen atoms in total. The molecule has 1 rings (SSSR count). The summed E-state index contributed by atoms with van der Waals surface area (Å²) in [5.41, 5.74) is 0. The fourth-order valence-corrected chi connectivity index (χ4v) is 1.48. The molecular formula is C6H11ClNP. The second kappa shape index (κ2) is 3.55. The van der Waals surface area contributed by atoms with E-state index in [0.29, 0.717) is 0 Å². The van der Waals surface area contributed by atoms with Gasteiger partial charge >= 0.3 is 0 Å². The van der Waals surface area contributed by atoms with Crippen LogP contribution in [-0.2, 0) is 0 Å². The van der Waals surface area contributed by atoms with Crippen molar-refractivity contribution >= 4 is 25.3 Å². The van der Waals surface area contributed by atoms with Crippen molar-refractivity contribution in [2.24, 2.45) is 0 Å². The number of likely N-dealkylation sites (tertiary alicyclic amines) is 1. The highest BCUT2D eigenvalue weighted by Crippen LogP contribution is 2.10. The predicted octanol–water partition coefficient (Wildman–Crippen LogP) is 1.94. The summed E-state index contributed by atoms with van der Waals surface area (Å²) in [5, 5.41) is 0. The molecule has 0 aromatic carbocycles. The molecule has 3 heteroatoms. The number of hydrogen-bond acceptors (Lipinski definition) is 0. The molecule has 0 N–H and O–H groups in total. The molecule has 0 spiro atoms. The van der Waals surface area contributed by atoms with Crippen molar-refractivity contribution in [1.82, 2.24) is 4.90 Å². The van der Waals surface area contributed by atoms with Crippen molar-refractivity contribution < 1.29 is 0 Å². The lowest BCUT2D eigenvalue weighted by Gasteiger charge is -2.24. The van der Waals surface area contributed by atoms with Gasteiger partial charge in [-0.2, -0.15) is 0 Å². The summed E-state index contributed by atoms with van der Waals surface area (Å²) >= 11 is 5.71. The maximum atomic E-state index is 5.71. The molecule has 0 bridgehead atoms. The Kier molecular flexibility index (Phi) is 2.97. The zero-order valence-corrected chi connectivity index (χ0v) is 7.12. The van der Waals surface area contributed by atoms with Gasteiger partial charge < -0.3 is 0 Å². The molecule has 9 heavy (non-hydrogen) atoms. The molecule has 0 atom stereocenters. The van der Waals surface area contributed by atoms with Crippen LogP contribution >= 0.6 is 20.5 Å². The second-order valence-electron chi connectivity index (χ2n) is 2.34. The maximum absolute atomic E-state index is 5.71. The molecule has 0 amide bonds. The predicted molar refractivity (Wildman–Crippen MR) is 44.6 cm³/mol. The van der Waals surface area contributed by atoms with Crippen LogP contribution < -0.4 is 0 Å². The molecule has 1 heterocycles. The fourth-order valence-electron chi connectivity index (χ4n) is 1.09. The Morgan fingerprint density at radius 3 is 2.11 bits per heavy atom. The van der Waals surface area contributed by atoms with Crippen LogP contribution in [0.5, 0.6) is 0 Å². The number of halogens is 1. The van der Waals surface area contributed by atoms with Gasteiger partial charge in [0, 0.05) is 13.1 Å². The Hall–Kier alpha value is 0.420. The molecule has 0 unspecified atom stereocenters. The minimum atomic E-state index is 0.759. The Morgan fingerprint density at radius 2 is 1.78 bits per heavy atom. The monoisotopic (exact) mass is 163 g/mol. The van der Waals surface area contributed by atoms with Crippen molar-refractivity contribution in [3.63, 3.8) is 0 Å². The van der Waals surface area contributed by atoms with Gasteiger partial charge in [-0.05, 0) is 12.8 Å². The highest BCUT2D eigenvalue weighted by Gasteiger charge is 2.10. The van der Waals surface area contributed by atoms with E-state index in [0.717, 1.165) is 18.0 Å². The minimum absolute atomic E-state index is 0.759. The topological polar surface area (TPSA) is 3.24 Å². The van der Waals surface area contributed by atoms with Crippen LogP contribution in [0.25, 0.3) is 0 Å². The average molecular weight is 164 g/mol. The number of nitrogens with zero attached hydrogens (tertiary/aromatic N) is 1. The van der Waals surface area contributed by atoms with Gasteiger partial charge in [-0.3, -0.25) is 4.90 Å². The van der Waals surface area contributed by atoms with Crippen LogP contribution in [0.2, 0.25) is 0 Å².